The van der Waals surface area contributed by atoms with Gasteiger partial charge in [0.25, 0.3) is 5.91 Å². The quantitative estimate of drug-likeness (QED) is 0.910. The molecule has 1 aliphatic rings. The summed E-state index contributed by atoms with van der Waals surface area (Å²) in [6.07, 6.45) is -0.127. The lowest BCUT2D eigenvalue weighted by molar-refractivity contribution is -0.141. The average molecular weight is 281 g/mol. The predicted octanol–water partition coefficient (Wildman–Crippen LogP) is 1.45. The molecule has 20 heavy (non-hydrogen) atoms. The Kier molecular flexibility index (Phi) is 4.04. The summed E-state index contributed by atoms with van der Waals surface area (Å²) in [5, 5.41) is 9.17. The zero-order chi connectivity index (χ0) is 14.9. The first kappa shape index (κ1) is 14.5. The van der Waals surface area contributed by atoms with Crippen LogP contribution < -0.4 is 0 Å². The number of rotatable bonds is 3. The lowest BCUT2D eigenvalue weighted by Gasteiger charge is -2.21. The number of methoxy groups -OCH3 is 1. The number of likely N-dealkylation sites (tertiary alicyclic amines) is 1. The number of carboxylic acids is 1. The smallest absolute Gasteiger partial charge is 0.326 e. The molecule has 1 heterocycles. The number of ether oxygens (including phenoxy) is 1. The van der Waals surface area contributed by atoms with E-state index in [4.69, 9.17) is 4.74 Å². The number of aliphatic carboxylic acids is 1. The maximum absolute atomic E-state index is 13.8. The molecule has 108 valence electrons. The first-order chi connectivity index (χ1) is 9.43. The third kappa shape index (κ3) is 2.65. The van der Waals surface area contributed by atoms with E-state index in [-0.39, 0.29) is 24.6 Å². The Morgan fingerprint density at radius 3 is 2.75 bits per heavy atom. The average Bonchev–Trinajstić information content (AvgIpc) is 2.85. The Labute approximate surface area is 116 Å². The normalized spacial score (nSPS) is 22.1. The molecule has 0 radical (unpaired) electrons. The van der Waals surface area contributed by atoms with Gasteiger partial charge in [0.1, 0.15) is 11.9 Å². The van der Waals surface area contributed by atoms with Crippen molar-refractivity contribution in [2.45, 2.75) is 25.5 Å². The molecule has 1 N–H and O–H groups in total. The van der Waals surface area contributed by atoms with E-state index >= 15 is 0 Å². The highest BCUT2D eigenvalue weighted by molar-refractivity contribution is 5.97. The van der Waals surface area contributed by atoms with Gasteiger partial charge >= 0.3 is 5.97 Å². The van der Waals surface area contributed by atoms with Crippen molar-refractivity contribution in [1.29, 1.82) is 0 Å². The van der Waals surface area contributed by atoms with Crippen LogP contribution in [0.1, 0.15) is 22.3 Å². The van der Waals surface area contributed by atoms with Crippen LogP contribution in [0.5, 0.6) is 0 Å². The number of aryl methyl sites for hydroxylation is 1. The summed E-state index contributed by atoms with van der Waals surface area (Å²) in [6.45, 7) is 1.90. The van der Waals surface area contributed by atoms with E-state index in [9.17, 15) is 19.1 Å². The molecule has 6 heteroatoms. The van der Waals surface area contributed by atoms with Crippen molar-refractivity contribution in [3.05, 3.63) is 35.1 Å². The zero-order valence-corrected chi connectivity index (χ0v) is 11.3. The molecule has 2 rings (SSSR count). The second-order valence-corrected chi connectivity index (χ2v) is 4.89. The lowest BCUT2D eigenvalue weighted by atomic mass is 10.1. The zero-order valence-electron chi connectivity index (χ0n) is 11.3. The van der Waals surface area contributed by atoms with Gasteiger partial charge in [0.2, 0.25) is 0 Å². The molecule has 2 unspecified atom stereocenters. The van der Waals surface area contributed by atoms with E-state index in [2.05, 4.69) is 0 Å². The van der Waals surface area contributed by atoms with Gasteiger partial charge in [0.15, 0.2) is 0 Å². The fourth-order valence-electron chi connectivity index (χ4n) is 2.38. The van der Waals surface area contributed by atoms with Crippen LogP contribution in [-0.2, 0) is 9.53 Å². The summed E-state index contributed by atoms with van der Waals surface area (Å²) in [5.41, 5.74) is 0.636. The van der Waals surface area contributed by atoms with Gasteiger partial charge < -0.3 is 14.7 Å². The van der Waals surface area contributed by atoms with Crippen molar-refractivity contribution in [2.75, 3.05) is 13.7 Å². The highest BCUT2D eigenvalue weighted by atomic mass is 19.1. The third-order valence-electron chi connectivity index (χ3n) is 3.49. The summed E-state index contributed by atoms with van der Waals surface area (Å²) in [7, 11) is 1.46. The van der Waals surface area contributed by atoms with Gasteiger partial charge in [-0.3, -0.25) is 4.79 Å². The van der Waals surface area contributed by atoms with Gasteiger partial charge in [0, 0.05) is 20.1 Å². The summed E-state index contributed by atoms with van der Waals surface area (Å²) in [5.74, 6) is -2.37. The Morgan fingerprint density at radius 1 is 1.45 bits per heavy atom. The van der Waals surface area contributed by atoms with E-state index in [1.165, 1.54) is 19.2 Å². The summed E-state index contributed by atoms with van der Waals surface area (Å²) in [6, 6.07) is 3.22. The standard InChI is InChI=1S/C14H16FNO4/c1-8-3-4-11(15)10(5-8)13(17)16-7-9(20-2)6-12(16)14(18)19/h3-5,9,12H,6-7H2,1-2H3,(H,18,19). The molecule has 0 aromatic heterocycles. The van der Waals surface area contributed by atoms with Crippen LogP contribution in [0, 0.1) is 12.7 Å². The van der Waals surface area contributed by atoms with Crippen LogP contribution in [0.3, 0.4) is 0 Å². The summed E-state index contributed by atoms with van der Waals surface area (Å²) >= 11 is 0. The molecule has 2 atom stereocenters. The molecule has 0 spiro atoms. The topological polar surface area (TPSA) is 66.8 Å². The van der Waals surface area contributed by atoms with Crippen molar-refractivity contribution >= 4 is 11.9 Å². The maximum atomic E-state index is 13.8. The fraction of sp³-hybridized carbons (Fsp3) is 0.429. The minimum Gasteiger partial charge on any atom is -0.480 e. The van der Waals surface area contributed by atoms with E-state index in [1.807, 2.05) is 0 Å². The van der Waals surface area contributed by atoms with E-state index in [0.29, 0.717) is 0 Å². The Balaban J connectivity index is 2.31. The number of halogens is 1. The van der Waals surface area contributed by atoms with Crippen molar-refractivity contribution in [3.63, 3.8) is 0 Å². The minimum absolute atomic E-state index is 0.104. The van der Waals surface area contributed by atoms with Crippen LogP contribution in [0.4, 0.5) is 4.39 Å². The maximum Gasteiger partial charge on any atom is 0.326 e. The molecule has 1 amide bonds. The van der Waals surface area contributed by atoms with Gasteiger partial charge in [-0.15, -0.1) is 0 Å². The van der Waals surface area contributed by atoms with Crippen LogP contribution in [-0.4, -0.2) is 47.7 Å². The van der Waals surface area contributed by atoms with Crippen LogP contribution in [0.15, 0.2) is 18.2 Å². The molecule has 1 fully saturated rings. The Hall–Kier alpha value is -1.95. The molecule has 0 saturated carbocycles. The number of amides is 1. The van der Waals surface area contributed by atoms with Crippen LogP contribution in [0.25, 0.3) is 0 Å². The molecular formula is C14H16FNO4. The number of carbonyl (C=O) groups excluding carboxylic acids is 1. The third-order valence-corrected chi connectivity index (χ3v) is 3.49. The second-order valence-electron chi connectivity index (χ2n) is 4.89. The molecule has 5 nitrogen and oxygen atoms in total. The van der Waals surface area contributed by atoms with E-state index < -0.39 is 23.7 Å². The highest BCUT2D eigenvalue weighted by Crippen LogP contribution is 2.24. The van der Waals surface area contributed by atoms with Crippen molar-refractivity contribution in [1.82, 2.24) is 4.90 Å². The van der Waals surface area contributed by atoms with E-state index in [1.54, 1.807) is 13.0 Å². The highest BCUT2D eigenvalue weighted by Gasteiger charge is 2.40. The van der Waals surface area contributed by atoms with Crippen molar-refractivity contribution in [3.8, 4) is 0 Å². The number of nitrogens with zero attached hydrogens (tertiary/aromatic N) is 1. The van der Waals surface area contributed by atoms with Gasteiger partial charge in [0.05, 0.1) is 11.7 Å². The molecule has 1 aliphatic heterocycles. The number of carboxylic acid groups (broad SMARTS) is 1. The number of hydrogen-bond donors (Lipinski definition) is 1. The molecule has 1 aromatic rings. The lowest BCUT2D eigenvalue weighted by Crippen LogP contribution is -2.41. The molecular weight excluding hydrogens is 265 g/mol. The summed E-state index contributed by atoms with van der Waals surface area (Å²) in [4.78, 5) is 24.7. The summed E-state index contributed by atoms with van der Waals surface area (Å²) < 4.78 is 18.9. The van der Waals surface area contributed by atoms with Crippen molar-refractivity contribution < 1.29 is 23.8 Å². The minimum atomic E-state index is -1.11. The Bertz CT molecular complexity index is 546. The van der Waals surface area contributed by atoms with Crippen LogP contribution in [0.2, 0.25) is 0 Å². The van der Waals surface area contributed by atoms with Gasteiger partial charge in [-0.05, 0) is 19.1 Å². The monoisotopic (exact) mass is 281 g/mol. The number of carbonyl (C=O) groups is 2. The SMILES string of the molecule is COC1CC(C(=O)O)N(C(=O)c2cc(C)ccc2F)C1. The van der Waals surface area contributed by atoms with Gasteiger partial charge in [-0.1, -0.05) is 11.6 Å². The number of hydrogen-bond acceptors (Lipinski definition) is 3. The van der Waals surface area contributed by atoms with Crippen molar-refractivity contribution in [2.24, 2.45) is 0 Å². The molecule has 0 bridgehead atoms. The predicted molar refractivity (Wildman–Crippen MR) is 69.0 cm³/mol. The van der Waals surface area contributed by atoms with Gasteiger partial charge in [-0.25, -0.2) is 9.18 Å². The number of benzene rings is 1. The van der Waals surface area contributed by atoms with Crippen LogP contribution >= 0.6 is 0 Å². The first-order valence-electron chi connectivity index (χ1n) is 6.26. The van der Waals surface area contributed by atoms with E-state index in [0.717, 1.165) is 10.5 Å². The second kappa shape index (κ2) is 5.58. The first-order valence-corrected chi connectivity index (χ1v) is 6.26. The largest absolute Gasteiger partial charge is 0.480 e. The Morgan fingerprint density at radius 2 is 2.15 bits per heavy atom. The molecule has 1 aromatic carbocycles. The fourth-order valence-corrected chi connectivity index (χ4v) is 2.38. The molecule has 1 saturated heterocycles. The molecule has 0 aliphatic carbocycles. The van der Waals surface area contributed by atoms with Gasteiger partial charge in [-0.2, -0.15) is 0 Å².